The number of aliphatic hydroxyl groups is 2. The van der Waals surface area contributed by atoms with Crippen LogP contribution in [0.3, 0.4) is 0 Å². The highest BCUT2D eigenvalue weighted by Crippen LogP contribution is 2.47. The molecule has 0 radical (unpaired) electrons. The summed E-state index contributed by atoms with van der Waals surface area (Å²) < 4.78 is 10.8. The molecule has 5 aromatic carbocycles. The van der Waals surface area contributed by atoms with Crippen molar-refractivity contribution in [1.82, 2.24) is 4.90 Å². The summed E-state index contributed by atoms with van der Waals surface area (Å²) >= 11 is 0. The summed E-state index contributed by atoms with van der Waals surface area (Å²) in [5.74, 6) is -1.49. The first-order valence-electron chi connectivity index (χ1n) is 17.2. The SMILES string of the molecule is CCC(C)C(CO)N1C(=O)c2cc(-c3ccc(OC)cc3)c3c4c(cc(-c5ccc(OC)cc5)c(c24)C1=O)C(=O)N(c1ccc(CCO)cc1)C3=O. The number of carbonyl (C=O) groups is 4. The standard InChI is InChI=1S/C42H38N2O8/c1-5-23(2)34(22-46)44-40(48)33-21-30(25-8-14-28(51-3)15-9-25)37-35-32(39(47)43(41(37)49)27-12-6-24(7-13-27)18-19-45)20-31(38(36(33)35)42(44)50)26-10-16-29(52-4)17-11-26/h6-17,20-21,23,34,45-46H,5,18-19,22H2,1-4H3. The van der Waals surface area contributed by atoms with Crippen LogP contribution in [0.15, 0.2) is 84.9 Å². The third-order valence-corrected chi connectivity index (χ3v) is 10.4. The summed E-state index contributed by atoms with van der Waals surface area (Å²) in [6.45, 7) is 3.32. The van der Waals surface area contributed by atoms with Gasteiger partial charge < -0.3 is 19.7 Å². The van der Waals surface area contributed by atoms with E-state index >= 15 is 0 Å². The largest absolute Gasteiger partial charge is 0.497 e. The highest BCUT2D eigenvalue weighted by molar-refractivity contribution is 6.41. The highest BCUT2D eigenvalue weighted by atomic mass is 16.5. The molecular formula is C42H38N2O8. The molecule has 2 atom stereocenters. The third kappa shape index (κ3) is 5.42. The van der Waals surface area contributed by atoms with E-state index < -0.39 is 36.3 Å². The van der Waals surface area contributed by atoms with Gasteiger partial charge in [-0.25, -0.2) is 4.90 Å². The molecule has 0 fully saturated rings. The fraction of sp³-hybridized carbons (Fsp3) is 0.238. The van der Waals surface area contributed by atoms with E-state index in [0.717, 1.165) is 15.4 Å². The Balaban J connectivity index is 1.59. The molecule has 10 heteroatoms. The molecular weight excluding hydrogens is 660 g/mol. The predicted octanol–water partition coefficient (Wildman–Crippen LogP) is 6.53. The smallest absolute Gasteiger partial charge is 0.266 e. The van der Waals surface area contributed by atoms with E-state index in [4.69, 9.17) is 9.47 Å². The number of benzene rings is 5. The minimum absolute atomic E-state index is 0.0500. The Morgan fingerprint density at radius 3 is 1.60 bits per heavy atom. The van der Waals surface area contributed by atoms with Crippen molar-refractivity contribution in [2.24, 2.45) is 5.92 Å². The Morgan fingerprint density at radius 2 is 1.13 bits per heavy atom. The van der Waals surface area contributed by atoms with Crippen LogP contribution >= 0.6 is 0 Å². The Labute approximate surface area is 300 Å². The number of imide groups is 2. The molecule has 10 nitrogen and oxygen atoms in total. The third-order valence-electron chi connectivity index (χ3n) is 10.4. The molecule has 2 aliphatic rings. The summed E-state index contributed by atoms with van der Waals surface area (Å²) in [7, 11) is 3.09. The molecule has 0 spiro atoms. The van der Waals surface area contributed by atoms with E-state index in [1.807, 2.05) is 13.8 Å². The number of anilines is 1. The molecule has 2 unspecified atom stereocenters. The zero-order valence-corrected chi connectivity index (χ0v) is 29.3. The van der Waals surface area contributed by atoms with Crippen molar-refractivity contribution in [1.29, 1.82) is 0 Å². The number of amides is 4. The highest BCUT2D eigenvalue weighted by Gasteiger charge is 2.45. The van der Waals surface area contributed by atoms with E-state index in [1.54, 1.807) is 99.1 Å². The quantitative estimate of drug-likeness (QED) is 0.149. The van der Waals surface area contributed by atoms with Crippen molar-refractivity contribution in [3.05, 3.63) is 113 Å². The molecule has 2 heterocycles. The molecule has 0 saturated carbocycles. The van der Waals surface area contributed by atoms with Crippen LogP contribution in [0.1, 0.15) is 67.3 Å². The zero-order valence-electron chi connectivity index (χ0n) is 29.3. The van der Waals surface area contributed by atoms with Gasteiger partial charge in [-0.3, -0.25) is 24.1 Å². The molecule has 4 amide bonds. The van der Waals surface area contributed by atoms with Gasteiger partial charge in [-0.05, 0) is 88.7 Å². The van der Waals surface area contributed by atoms with Crippen molar-refractivity contribution in [2.75, 3.05) is 32.3 Å². The van der Waals surface area contributed by atoms with Crippen LogP contribution < -0.4 is 14.4 Å². The number of nitrogens with zero attached hydrogens (tertiary/aromatic N) is 2. The van der Waals surface area contributed by atoms with Gasteiger partial charge >= 0.3 is 0 Å². The molecule has 264 valence electrons. The topological polar surface area (TPSA) is 134 Å². The van der Waals surface area contributed by atoms with Crippen LogP contribution in [0.25, 0.3) is 33.0 Å². The maximum atomic E-state index is 14.8. The normalized spacial score (nSPS) is 15.0. The van der Waals surface area contributed by atoms with E-state index in [-0.39, 0.29) is 45.6 Å². The first-order valence-corrected chi connectivity index (χ1v) is 17.2. The van der Waals surface area contributed by atoms with Gasteiger partial charge in [-0.1, -0.05) is 56.7 Å². The zero-order chi connectivity index (χ0) is 36.8. The number of methoxy groups -OCH3 is 2. The van der Waals surface area contributed by atoms with Crippen molar-refractivity contribution < 1.29 is 38.9 Å². The molecule has 52 heavy (non-hydrogen) atoms. The van der Waals surface area contributed by atoms with Gasteiger partial charge in [-0.15, -0.1) is 0 Å². The summed E-state index contributed by atoms with van der Waals surface area (Å²) in [5.41, 5.74) is 3.82. The van der Waals surface area contributed by atoms with Gasteiger partial charge in [0.05, 0.1) is 43.7 Å². The van der Waals surface area contributed by atoms with E-state index in [1.165, 1.54) is 0 Å². The lowest BCUT2D eigenvalue weighted by atomic mass is 9.78. The van der Waals surface area contributed by atoms with Crippen molar-refractivity contribution >= 4 is 40.1 Å². The molecule has 0 bridgehead atoms. The van der Waals surface area contributed by atoms with Crippen molar-refractivity contribution in [2.45, 2.75) is 32.7 Å². The lowest BCUT2D eigenvalue weighted by Gasteiger charge is -2.38. The molecule has 2 N–H and O–H groups in total. The van der Waals surface area contributed by atoms with Crippen LogP contribution in [-0.4, -0.2) is 72.2 Å². The Morgan fingerprint density at radius 1 is 0.635 bits per heavy atom. The fourth-order valence-corrected chi connectivity index (χ4v) is 7.35. The van der Waals surface area contributed by atoms with Crippen LogP contribution in [0.2, 0.25) is 0 Å². The number of hydrogen-bond donors (Lipinski definition) is 2. The molecule has 0 saturated heterocycles. The van der Waals surface area contributed by atoms with Crippen LogP contribution in [0.5, 0.6) is 11.5 Å². The lowest BCUT2D eigenvalue weighted by molar-refractivity contribution is 0.0391. The number of rotatable bonds is 11. The summed E-state index contributed by atoms with van der Waals surface area (Å²) in [4.78, 5) is 61.2. The average molecular weight is 699 g/mol. The van der Waals surface area contributed by atoms with E-state index in [0.29, 0.717) is 52.3 Å². The predicted molar refractivity (Wildman–Crippen MR) is 197 cm³/mol. The van der Waals surface area contributed by atoms with Gasteiger partial charge in [0.1, 0.15) is 11.5 Å². The first kappa shape index (κ1) is 34.6. The Bertz CT molecular complexity index is 2240. The maximum Gasteiger partial charge on any atom is 0.266 e. The molecule has 2 aliphatic heterocycles. The van der Waals surface area contributed by atoms with Gasteiger partial charge in [0.15, 0.2) is 0 Å². The monoisotopic (exact) mass is 698 g/mol. The average Bonchev–Trinajstić information content (AvgIpc) is 3.17. The number of ether oxygens (including phenoxy) is 2. The lowest BCUT2D eigenvalue weighted by Crippen LogP contribution is -2.52. The van der Waals surface area contributed by atoms with Gasteiger partial charge in [0.25, 0.3) is 23.6 Å². The minimum Gasteiger partial charge on any atom is -0.497 e. The van der Waals surface area contributed by atoms with Crippen LogP contribution in [0.4, 0.5) is 5.69 Å². The first-order chi connectivity index (χ1) is 25.2. The van der Waals surface area contributed by atoms with E-state index in [9.17, 15) is 29.4 Å². The fourth-order valence-electron chi connectivity index (χ4n) is 7.35. The summed E-state index contributed by atoms with van der Waals surface area (Å²) in [6.07, 6.45) is 1.01. The Hall–Kier alpha value is -5.84. The molecule has 0 aromatic heterocycles. The number of hydrogen-bond acceptors (Lipinski definition) is 8. The molecule has 7 rings (SSSR count). The van der Waals surface area contributed by atoms with Crippen LogP contribution in [0, 0.1) is 5.92 Å². The van der Waals surface area contributed by atoms with Gasteiger partial charge in [0.2, 0.25) is 0 Å². The van der Waals surface area contributed by atoms with E-state index in [2.05, 4.69) is 0 Å². The van der Waals surface area contributed by atoms with Crippen molar-refractivity contribution in [3.8, 4) is 33.8 Å². The minimum atomic E-state index is -0.818. The van der Waals surface area contributed by atoms with Gasteiger partial charge in [0, 0.05) is 28.5 Å². The second kappa shape index (κ2) is 13.7. The maximum absolute atomic E-state index is 14.8. The Kier molecular flexibility index (Phi) is 9.12. The summed E-state index contributed by atoms with van der Waals surface area (Å²) in [6, 6.07) is 23.4. The second-order valence-corrected chi connectivity index (χ2v) is 13.1. The van der Waals surface area contributed by atoms with Crippen LogP contribution in [-0.2, 0) is 6.42 Å². The summed E-state index contributed by atoms with van der Waals surface area (Å²) in [5, 5.41) is 20.5. The number of carbonyl (C=O) groups excluding carboxylic acids is 4. The molecule has 0 aliphatic carbocycles. The van der Waals surface area contributed by atoms with Crippen molar-refractivity contribution in [3.63, 3.8) is 0 Å². The van der Waals surface area contributed by atoms with Gasteiger partial charge in [-0.2, -0.15) is 0 Å². The second-order valence-electron chi connectivity index (χ2n) is 13.1. The molecule has 5 aromatic rings. The number of aliphatic hydroxyl groups excluding tert-OH is 2.